The number of ether oxygens (including phenoxy) is 2. The van der Waals surface area contributed by atoms with Gasteiger partial charge in [0.2, 0.25) is 0 Å². The van der Waals surface area contributed by atoms with E-state index in [-0.39, 0.29) is 11.3 Å². The molecule has 4 nitrogen and oxygen atoms in total. The fourth-order valence-corrected chi connectivity index (χ4v) is 5.85. The number of hydrogen-bond acceptors (Lipinski definition) is 4. The van der Waals surface area contributed by atoms with Crippen LogP contribution in [-0.2, 0) is 10.2 Å². The van der Waals surface area contributed by atoms with Crippen LogP contribution in [0.2, 0.25) is 0 Å². The summed E-state index contributed by atoms with van der Waals surface area (Å²) in [6.07, 6.45) is 5.29. The molecule has 4 atom stereocenters. The molecule has 130 valence electrons. The van der Waals surface area contributed by atoms with E-state index < -0.39 is 0 Å². The molecular weight excluding hydrogens is 302 g/mol. The number of carbonyl (C=O) groups excluding carboxylic acids is 1. The summed E-state index contributed by atoms with van der Waals surface area (Å²) in [5, 5.41) is 0. The molecule has 0 amide bonds. The van der Waals surface area contributed by atoms with Crippen molar-refractivity contribution >= 4 is 5.78 Å². The highest BCUT2D eigenvalue weighted by Crippen LogP contribution is 2.57. The first-order valence-corrected chi connectivity index (χ1v) is 9.07. The Morgan fingerprint density at radius 1 is 1.17 bits per heavy atom. The van der Waals surface area contributed by atoms with Gasteiger partial charge in [0.15, 0.2) is 11.5 Å². The van der Waals surface area contributed by atoms with Gasteiger partial charge in [-0.2, -0.15) is 0 Å². The fourth-order valence-electron chi connectivity index (χ4n) is 5.85. The quantitative estimate of drug-likeness (QED) is 0.854. The minimum absolute atomic E-state index is 0.0867. The van der Waals surface area contributed by atoms with Gasteiger partial charge in [-0.15, -0.1) is 0 Å². The van der Waals surface area contributed by atoms with Gasteiger partial charge in [0.1, 0.15) is 5.78 Å². The highest BCUT2D eigenvalue weighted by molar-refractivity contribution is 5.84. The summed E-state index contributed by atoms with van der Waals surface area (Å²) in [6.45, 7) is 1.07. The summed E-state index contributed by atoms with van der Waals surface area (Å²) in [4.78, 5) is 15.1. The molecule has 1 aromatic carbocycles. The van der Waals surface area contributed by atoms with Crippen LogP contribution in [0.15, 0.2) is 18.2 Å². The van der Waals surface area contributed by atoms with Crippen molar-refractivity contribution in [2.24, 2.45) is 11.8 Å². The van der Waals surface area contributed by atoms with Crippen molar-refractivity contribution in [3.63, 3.8) is 0 Å². The maximum Gasteiger partial charge on any atom is 0.161 e. The zero-order valence-corrected chi connectivity index (χ0v) is 14.9. The van der Waals surface area contributed by atoms with Gasteiger partial charge >= 0.3 is 0 Å². The molecule has 0 aromatic heterocycles. The number of ketones is 1. The van der Waals surface area contributed by atoms with E-state index in [1.54, 1.807) is 14.2 Å². The lowest BCUT2D eigenvalue weighted by molar-refractivity contribution is -0.130. The van der Waals surface area contributed by atoms with Crippen molar-refractivity contribution < 1.29 is 14.3 Å². The Kier molecular flexibility index (Phi) is 3.83. The lowest BCUT2D eigenvalue weighted by Crippen LogP contribution is -2.55. The van der Waals surface area contributed by atoms with E-state index in [0.717, 1.165) is 37.3 Å². The third-order valence-electron chi connectivity index (χ3n) is 6.84. The lowest BCUT2D eigenvalue weighted by atomic mass is 9.57. The molecule has 0 spiro atoms. The second kappa shape index (κ2) is 5.76. The third-order valence-corrected chi connectivity index (χ3v) is 6.84. The molecule has 4 aliphatic rings. The van der Waals surface area contributed by atoms with Crippen molar-refractivity contribution in [1.29, 1.82) is 0 Å². The van der Waals surface area contributed by atoms with Gasteiger partial charge < -0.3 is 14.4 Å². The molecule has 3 aliphatic carbocycles. The largest absolute Gasteiger partial charge is 0.493 e. The first-order chi connectivity index (χ1) is 11.6. The topological polar surface area (TPSA) is 38.8 Å². The number of Topliss-reactive ketones (excluding diaryl/α,β-unsaturated/α-hetero) is 1. The monoisotopic (exact) mass is 329 g/mol. The van der Waals surface area contributed by atoms with Crippen LogP contribution in [0.5, 0.6) is 11.5 Å². The predicted octanol–water partition coefficient (Wildman–Crippen LogP) is 3.03. The van der Waals surface area contributed by atoms with Crippen LogP contribution >= 0.6 is 0 Å². The van der Waals surface area contributed by atoms with Crippen molar-refractivity contribution in [2.75, 3.05) is 27.8 Å². The van der Waals surface area contributed by atoms with Crippen LogP contribution in [0.25, 0.3) is 0 Å². The van der Waals surface area contributed by atoms with Gasteiger partial charge in [0.05, 0.1) is 14.2 Å². The number of rotatable bonds is 3. The van der Waals surface area contributed by atoms with E-state index in [9.17, 15) is 4.79 Å². The van der Waals surface area contributed by atoms with E-state index >= 15 is 0 Å². The Labute approximate surface area is 144 Å². The van der Waals surface area contributed by atoms with E-state index in [0.29, 0.717) is 17.7 Å². The minimum atomic E-state index is 0.0867. The molecule has 3 saturated carbocycles. The molecule has 1 aromatic rings. The fraction of sp³-hybridized carbons (Fsp3) is 0.650. The van der Waals surface area contributed by atoms with Crippen molar-refractivity contribution in [1.82, 2.24) is 4.90 Å². The Morgan fingerprint density at radius 3 is 2.71 bits per heavy atom. The molecular formula is C20H27NO3. The Hall–Kier alpha value is -1.55. The van der Waals surface area contributed by atoms with E-state index in [4.69, 9.17) is 9.47 Å². The molecule has 1 saturated heterocycles. The van der Waals surface area contributed by atoms with Crippen LogP contribution in [0.4, 0.5) is 0 Å². The standard InChI is InChI=1S/C20H27NO3/c1-21-10-9-20(14-7-8-17(23-2)18(12-14)24-3)13-5-4-6-15(19(20)21)16(22)11-13/h7-8,12-13,15,19H,4-6,9-11H2,1-3H3/t13-,15?,19+,20-/m1/s1. The number of nitrogens with zero attached hydrogens (tertiary/aromatic N) is 1. The Bertz CT molecular complexity index is 658. The number of methoxy groups -OCH3 is 2. The number of carbonyl (C=O) groups is 1. The van der Waals surface area contributed by atoms with Gasteiger partial charge in [-0.1, -0.05) is 12.5 Å². The lowest BCUT2D eigenvalue weighted by Gasteiger charge is -2.48. The molecule has 1 aliphatic heterocycles. The van der Waals surface area contributed by atoms with Gasteiger partial charge in [0, 0.05) is 23.8 Å². The maximum absolute atomic E-state index is 12.7. The van der Waals surface area contributed by atoms with Crippen LogP contribution in [0.3, 0.4) is 0 Å². The highest BCUT2D eigenvalue weighted by atomic mass is 16.5. The molecule has 1 unspecified atom stereocenters. The summed E-state index contributed by atoms with van der Waals surface area (Å²) >= 11 is 0. The summed E-state index contributed by atoms with van der Waals surface area (Å²) in [7, 11) is 5.57. The summed E-state index contributed by atoms with van der Waals surface area (Å²) in [5.41, 5.74) is 1.42. The zero-order valence-electron chi connectivity index (χ0n) is 14.9. The van der Waals surface area contributed by atoms with Gasteiger partial charge in [-0.3, -0.25) is 4.79 Å². The predicted molar refractivity (Wildman–Crippen MR) is 92.7 cm³/mol. The number of hydrogen-bond donors (Lipinski definition) is 0. The average Bonchev–Trinajstić information content (AvgIpc) is 2.75. The highest BCUT2D eigenvalue weighted by Gasteiger charge is 2.60. The van der Waals surface area contributed by atoms with Gasteiger partial charge in [0.25, 0.3) is 0 Å². The summed E-state index contributed by atoms with van der Waals surface area (Å²) in [5.74, 6) is 2.72. The normalized spacial score (nSPS) is 35.6. The number of likely N-dealkylation sites (N-methyl/N-ethyl adjacent to an activating group) is 1. The second-order valence-corrected chi connectivity index (χ2v) is 7.69. The van der Waals surface area contributed by atoms with Crippen molar-refractivity contribution in [3.05, 3.63) is 23.8 Å². The molecule has 1 heterocycles. The second-order valence-electron chi connectivity index (χ2n) is 7.69. The Morgan fingerprint density at radius 2 is 1.96 bits per heavy atom. The molecule has 24 heavy (non-hydrogen) atoms. The zero-order chi connectivity index (χ0) is 16.9. The van der Waals surface area contributed by atoms with E-state index in [1.807, 2.05) is 6.07 Å². The van der Waals surface area contributed by atoms with E-state index in [1.165, 1.54) is 18.4 Å². The molecule has 0 N–H and O–H groups in total. The molecule has 4 fully saturated rings. The minimum Gasteiger partial charge on any atom is -0.493 e. The average molecular weight is 329 g/mol. The van der Waals surface area contributed by atoms with Crippen LogP contribution in [0, 0.1) is 11.8 Å². The van der Waals surface area contributed by atoms with E-state index in [2.05, 4.69) is 24.1 Å². The van der Waals surface area contributed by atoms with Gasteiger partial charge in [-0.25, -0.2) is 0 Å². The molecule has 2 bridgehead atoms. The van der Waals surface area contributed by atoms with Crippen LogP contribution in [-0.4, -0.2) is 44.5 Å². The molecule has 4 heteroatoms. The van der Waals surface area contributed by atoms with Crippen LogP contribution in [0.1, 0.15) is 37.7 Å². The first kappa shape index (κ1) is 15.9. The first-order valence-electron chi connectivity index (χ1n) is 9.07. The van der Waals surface area contributed by atoms with Crippen molar-refractivity contribution in [3.8, 4) is 11.5 Å². The van der Waals surface area contributed by atoms with Crippen LogP contribution < -0.4 is 9.47 Å². The Balaban J connectivity index is 1.86. The maximum atomic E-state index is 12.7. The van der Waals surface area contributed by atoms with Gasteiger partial charge in [-0.05, 0) is 56.5 Å². The molecule has 0 radical (unpaired) electrons. The summed E-state index contributed by atoms with van der Waals surface area (Å²) in [6, 6.07) is 6.73. The number of fused-ring (bicyclic) bond motifs is 3. The molecule has 5 rings (SSSR count). The third kappa shape index (κ3) is 2.05. The summed E-state index contributed by atoms with van der Waals surface area (Å²) < 4.78 is 11.0. The number of likely N-dealkylation sites (tertiary alicyclic amines) is 1. The number of benzene rings is 1. The van der Waals surface area contributed by atoms with Crippen molar-refractivity contribution in [2.45, 2.75) is 43.6 Å². The SMILES string of the molecule is COc1ccc([C@]23CCN(C)[C@H]2C2CCC[C@@H]3CC2=O)cc1OC. The smallest absolute Gasteiger partial charge is 0.161 e.